The molecule has 0 radical (unpaired) electrons. The summed E-state index contributed by atoms with van der Waals surface area (Å²) in [5, 5.41) is 6.20. The highest BCUT2D eigenvalue weighted by atomic mass is 32.2. The van der Waals surface area contributed by atoms with Gasteiger partial charge in [0.2, 0.25) is 5.91 Å². The van der Waals surface area contributed by atoms with Crippen molar-refractivity contribution in [2.24, 2.45) is 0 Å². The summed E-state index contributed by atoms with van der Waals surface area (Å²) >= 11 is 1.61. The van der Waals surface area contributed by atoms with Crippen molar-refractivity contribution in [2.45, 2.75) is 11.8 Å². The van der Waals surface area contributed by atoms with Gasteiger partial charge in [-0.2, -0.15) is 11.8 Å². The molecule has 2 amide bonds. The van der Waals surface area contributed by atoms with Gasteiger partial charge in [0.25, 0.3) is 5.91 Å². The van der Waals surface area contributed by atoms with Crippen molar-refractivity contribution < 1.29 is 14.0 Å². The Balaban J connectivity index is 1.36. The maximum Gasteiger partial charge on any atom is 0.254 e. The summed E-state index contributed by atoms with van der Waals surface area (Å²) in [6.07, 6.45) is 0. The van der Waals surface area contributed by atoms with E-state index in [0.717, 1.165) is 24.3 Å². The number of nitrogens with zero attached hydrogens (tertiary/aromatic N) is 2. The monoisotopic (exact) mass is 428 g/mol. The van der Waals surface area contributed by atoms with Crippen molar-refractivity contribution in [1.29, 1.82) is 0 Å². The Hall–Kier alpha value is -2.58. The summed E-state index contributed by atoms with van der Waals surface area (Å²) < 4.78 is 13.0. The number of rotatable bonds is 5. The first-order valence-electron chi connectivity index (χ1n) is 10.0. The second-order valence-corrected chi connectivity index (χ2v) is 8.71. The van der Waals surface area contributed by atoms with Crippen LogP contribution in [0.2, 0.25) is 0 Å². The standard InChI is InChI=1S/C22H25FN4O2S/c1-26-8-10-27(11-9-26)22(29)16-4-7-18-19(12-16)25-21(28)20(24-18)14-30-13-15-2-5-17(23)6-3-15/h2-7,12,20,24H,8-11,13-14H2,1H3,(H,25,28). The van der Waals surface area contributed by atoms with Gasteiger partial charge in [-0.15, -0.1) is 0 Å². The van der Waals surface area contributed by atoms with Crippen LogP contribution in [0, 0.1) is 5.82 Å². The van der Waals surface area contributed by atoms with Crippen molar-refractivity contribution in [2.75, 3.05) is 49.6 Å². The van der Waals surface area contributed by atoms with Gasteiger partial charge < -0.3 is 20.4 Å². The van der Waals surface area contributed by atoms with E-state index in [1.54, 1.807) is 30.0 Å². The zero-order chi connectivity index (χ0) is 21.1. The zero-order valence-corrected chi connectivity index (χ0v) is 17.7. The molecule has 30 heavy (non-hydrogen) atoms. The second-order valence-electron chi connectivity index (χ2n) is 7.68. The van der Waals surface area contributed by atoms with E-state index in [9.17, 15) is 14.0 Å². The highest BCUT2D eigenvalue weighted by Crippen LogP contribution is 2.29. The van der Waals surface area contributed by atoms with Crippen molar-refractivity contribution >= 4 is 35.0 Å². The van der Waals surface area contributed by atoms with Gasteiger partial charge in [-0.05, 0) is 42.9 Å². The molecule has 1 fully saturated rings. The first kappa shape index (κ1) is 20.7. The molecular formula is C22H25FN4O2S. The molecule has 0 aliphatic carbocycles. The zero-order valence-electron chi connectivity index (χ0n) is 16.9. The van der Waals surface area contributed by atoms with Crippen LogP contribution in [0.25, 0.3) is 0 Å². The number of anilines is 2. The predicted octanol–water partition coefficient (Wildman–Crippen LogP) is 2.88. The number of fused-ring (bicyclic) bond motifs is 1. The van der Waals surface area contributed by atoms with Crippen LogP contribution in [0.4, 0.5) is 15.8 Å². The van der Waals surface area contributed by atoms with E-state index in [2.05, 4.69) is 22.6 Å². The number of carbonyl (C=O) groups is 2. The summed E-state index contributed by atoms with van der Waals surface area (Å²) in [7, 11) is 2.05. The van der Waals surface area contributed by atoms with Gasteiger partial charge in [-0.25, -0.2) is 4.39 Å². The number of amides is 2. The average Bonchev–Trinajstić information content (AvgIpc) is 2.75. The largest absolute Gasteiger partial charge is 0.371 e. The molecule has 6 nitrogen and oxygen atoms in total. The smallest absolute Gasteiger partial charge is 0.254 e. The van der Waals surface area contributed by atoms with Gasteiger partial charge in [0, 0.05) is 43.2 Å². The molecule has 2 N–H and O–H groups in total. The molecule has 2 aromatic rings. The van der Waals surface area contributed by atoms with E-state index in [-0.39, 0.29) is 23.7 Å². The van der Waals surface area contributed by atoms with Crippen LogP contribution in [0.5, 0.6) is 0 Å². The van der Waals surface area contributed by atoms with E-state index >= 15 is 0 Å². The summed E-state index contributed by atoms with van der Waals surface area (Å²) in [4.78, 5) is 29.4. The van der Waals surface area contributed by atoms with E-state index in [1.807, 2.05) is 17.0 Å². The van der Waals surface area contributed by atoms with Crippen molar-refractivity contribution in [3.05, 3.63) is 59.4 Å². The maximum atomic E-state index is 13.0. The van der Waals surface area contributed by atoms with E-state index < -0.39 is 0 Å². The number of hydrogen-bond donors (Lipinski definition) is 2. The number of halogens is 1. The minimum Gasteiger partial charge on any atom is -0.371 e. The molecule has 0 bridgehead atoms. The number of benzene rings is 2. The average molecular weight is 429 g/mol. The molecule has 158 valence electrons. The Morgan fingerprint density at radius 1 is 1.10 bits per heavy atom. The van der Waals surface area contributed by atoms with Crippen LogP contribution >= 0.6 is 11.8 Å². The van der Waals surface area contributed by atoms with Gasteiger partial charge in [0.1, 0.15) is 11.9 Å². The summed E-state index contributed by atoms with van der Waals surface area (Å²) in [6, 6.07) is 11.5. The SMILES string of the molecule is CN1CCN(C(=O)c2ccc3c(c2)NC(=O)C(CSCc2ccc(F)cc2)N3)CC1. The van der Waals surface area contributed by atoms with E-state index in [0.29, 0.717) is 35.8 Å². The molecule has 1 saturated heterocycles. The first-order valence-corrected chi connectivity index (χ1v) is 11.2. The van der Waals surface area contributed by atoms with Crippen LogP contribution in [-0.2, 0) is 10.5 Å². The molecular weight excluding hydrogens is 403 g/mol. The fourth-order valence-electron chi connectivity index (χ4n) is 3.56. The Labute approximate surface area is 179 Å². The van der Waals surface area contributed by atoms with Crippen molar-refractivity contribution in [1.82, 2.24) is 9.80 Å². The Kier molecular flexibility index (Phi) is 6.24. The fraction of sp³-hybridized carbons (Fsp3) is 0.364. The van der Waals surface area contributed by atoms with E-state index in [1.165, 1.54) is 12.1 Å². The predicted molar refractivity (Wildman–Crippen MR) is 118 cm³/mol. The molecule has 0 aromatic heterocycles. The molecule has 0 saturated carbocycles. The Bertz CT molecular complexity index is 929. The number of nitrogens with one attached hydrogen (secondary N) is 2. The van der Waals surface area contributed by atoms with Crippen LogP contribution in [0.3, 0.4) is 0 Å². The summed E-state index contributed by atoms with van der Waals surface area (Å²) in [5.41, 5.74) is 3.06. The third-order valence-electron chi connectivity index (χ3n) is 5.43. The highest BCUT2D eigenvalue weighted by Gasteiger charge is 2.27. The van der Waals surface area contributed by atoms with Crippen LogP contribution in [0.1, 0.15) is 15.9 Å². The second kappa shape index (κ2) is 9.06. The quantitative estimate of drug-likeness (QED) is 0.767. The lowest BCUT2D eigenvalue weighted by Gasteiger charge is -2.33. The number of carbonyl (C=O) groups excluding carboxylic acids is 2. The van der Waals surface area contributed by atoms with Gasteiger partial charge in [0.05, 0.1) is 11.4 Å². The molecule has 4 rings (SSSR count). The lowest BCUT2D eigenvalue weighted by molar-refractivity contribution is -0.116. The molecule has 8 heteroatoms. The lowest BCUT2D eigenvalue weighted by Crippen LogP contribution is -2.47. The number of hydrogen-bond acceptors (Lipinski definition) is 5. The van der Waals surface area contributed by atoms with Gasteiger partial charge in [0.15, 0.2) is 0 Å². The lowest BCUT2D eigenvalue weighted by atomic mass is 10.1. The summed E-state index contributed by atoms with van der Waals surface area (Å²) in [6.45, 7) is 3.16. The highest BCUT2D eigenvalue weighted by molar-refractivity contribution is 7.98. The number of likely N-dealkylation sites (N-methyl/N-ethyl adjacent to an activating group) is 1. The third kappa shape index (κ3) is 4.76. The van der Waals surface area contributed by atoms with Crippen LogP contribution in [-0.4, -0.2) is 66.6 Å². The molecule has 1 atom stereocenters. The maximum absolute atomic E-state index is 13.0. The van der Waals surface area contributed by atoms with Gasteiger partial charge in [-0.1, -0.05) is 12.1 Å². The van der Waals surface area contributed by atoms with Gasteiger partial charge >= 0.3 is 0 Å². The van der Waals surface area contributed by atoms with Gasteiger partial charge in [-0.3, -0.25) is 9.59 Å². The van der Waals surface area contributed by atoms with Crippen LogP contribution < -0.4 is 10.6 Å². The number of thioether (sulfide) groups is 1. The van der Waals surface area contributed by atoms with Crippen molar-refractivity contribution in [3.63, 3.8) is 0 Å². The molecule has 2 aliphatic rings. The summed E-state index contributed by atoms with van der Waals surface area (Å²) in [5.74, 6) is 0.927. The Morgan fingerprint density at radius 3 is 2.57 bits per heavy atom. The Morgan fingerprint density at radius 2 is 1.83 bits per heavy atom. The molecule has 2 aliphatic heterocycles. The fourth-order valence-corrected chi connectivity index (χ4v) is 4.58. The first-order chi connectivity index (χ1) is 14.5. The van der Waals surface area contributed by atoms with Crippen molar-refractivity contribution in [3.8, 4) is 0 Å². The molecule has 2 heterocycles. The molecule has 0 spiro atoms. The van der Waals surface area contributed by atoms with E-state index in [4.69, 9.17) is 0 Å². The molecule has 1 unspecified atom stereocenters. The minimum absolute atomic E-state index is 0.00266. The number of piperazine rings is 1. The van der Waals surface area contributed by atoms with Crippen LogP contribution in [0.15, 0.2) is 42.5 Å². The topological polar surface area (TPSA) is 64.7 Å². The molecule has 2 aromatic carbocycles. The normalized spacial score (nSPS) is 19.1. The third-order valence-corrected chi connectivity index (χ3v) is 6.53. The minimum atomic E-state index is -0.359.